The second-order valence-corrected chi connectivity index (χ2v) is 7.54. The number of carbonyl (C=O) groups is 1. The number of likely N-dealkylation sites (tertiary alicyclic amines) is 1. The molecule has 0 radical (unpaired) electrons. The van der Waals surface area contributed by atoms with Crippen LogP contribution in [0.1, 0.15) is 49.5 Å². The molecule has 0 aliphatic carbocycles. The normalized spacial score (nSPS) is 19.8. The van der Waals surface area contributed by atoms with Crippen molar-refractivity contribution in [2.24, 2.45) is 7.05 Å². The zero-order valence-electron chi connectivity index (χ0n) is 16.8. The summed E-state index contributed by atoms with van der Waals surface area (Å²) >= 11 is 0. The van der Waals surface area contributed by atoms with Gasteiger partial charge in [-0.1, -0.05) is 12.8 Å². The van der Waals surface area contributed by atoms with Crippen molar-refractivity contribution >= 4 is 6.03 Å². The summed E-state index contributed by atoms with van der Waals surface area (Å²) < 4.78 is 42.0. The van der Waals surface area contributed by atoms with Gasteiger partial charge in [0.15, 0.2) is 0 Å². The molecule has 0 spiro atoms. The Balaban J connectivity index is 1.70. The Morgan fingerprint density at radius 3 is 2.60 bits per heavy atom. The summed E-state index contributed by atoms with van der Waals surface area (Å²) in [7, 11) is 1.38. The fourth-order valence-corrected chi connectivity index (χ4v) is 3.88. The second-order valence-electron chi connectivity index (χ2n) is 7.54. The van der Waals surface area contributed by atoms with E-state index in [2.05, 4.69) is 15.3 Å². The van der Waals surface area contributed by atoms with Crippen LogP contribution in [0.25, 0.3) is 0 Å². The van der Waals surface area contributed by atoms with Crippen LogP contribution >= 0.6 is 0 Å². The zero-order chi connectivity index (χ0) is 21.8. The van der Waals surface area contributed by atoms with Crippen LogP contribution in [-0.4, -0.2) is 49.8 Å². The molecule has 1 aliphatic rings. The second kappa shape index (κ2) is 9.03. The maximum atomic E-state index is 13.6. The van der Waals surface area contributed by atoms with Gasteiger partial charge in [-0.25, -0.2) is 9.78 Å². The first-order valence-electron chi connectivity index (χ1n) is 9.95. The van der Waals surface area contributed by atoms with Gasteiger partial charge in [-0.2, -0.15) is 13.2 Å². The molecule has 7 nitrogen and oxygen atoms in total. The summed E-state index contributed by atoms with van der Waals surface area (Å²) in [4.78, 5) is 22.2. The number of imidazole rings is 1. The molecule has 0 saturated carbocycles. The topological polar surface area (TPSA) is 83.3 Å². The third-order valence-corrected chi connectivity index (χ3v) is 5.53. The van der Waals surface area contributed by atoms with E-state index in [1.807, 2.05) is 12.1 Å². The van der Waals surface area contributed by atoms with E-state index in [-0.39, 0.29) is 12.6 Å². The molecule has 2 atom stereocenters. The van der Waals surface area contributed by atoms with Crippen LogP contribution < -0.4 is 5.32 Å². The van der Waals surface area contributed by atoms with Crippen molar-refractivity contribution in [1.29, 1.82) is 0 Å². The SMILES string of the molecule is Cn1ccnc1C(O)(CCNC(=O)N1CCCCCC1c1ccncc1)C(F)(F)F. The molecule has 2 unspecified atom stereocenters. The third kappa shape index (κ3) is 4.58. The highest BCUT2D eigenvalue weighted by molar-refractivity contribution is 5.74. The number of amides is 2. The van der Waals surface area contributed by atoms with Crippen LogP contribution in [-0.2, 0) is 12.6 Å². The number of rotatable bonds is 5. The number of carbonyl (C=O) groups excluding carboxylic acids is 1. The lowest BCUT2D eigenvalue weighted by Crippen LogP contribution is -2.48. The standard InChI is InChI=1S/C20H26F3N5O2/c1-27-14-12-25-17(27)19(30,20(21,22)23)8-11-26-18(29)28-13-4-2-3-5-16(28)15-6-9-24-10-7-15/h6-7,9-10,12,14,16,30H,2-5,8,11,13H2,1H3,(H,26,29). The summed E-state index contributed by atoms with van der Waals surface area (Å²) in [6.45, 7) is 0.170. The van der Waals surface area contributed by atoms with E-state index in [1.54, 1.807) is 17.3 Å². The summed E-state index contributed by atoms with van der Waals surface area (Å²) in [6, 6.07) is 3.09. The number of aliphatic hydroxyl groups is 1. The van der Waals surface area contributed by atoms with Crippen molar-refractivity contribution in [3.63, 3.8) is 0 Å². The summed E-state index contributed by atoms with van der Waals surface area (Å²) in [5.74, 6) is -0.506. The van der Waals surface area contributed by atoms with E-state index >= 15 is 0 Å². The fraction of sp³-hybridized carbons (Fsp3) is 0.550. The maximum Gasteiger partial charge on any atom is 0.424 e. The van der Waals surface area contributed by atoms with Crippen LogP contribution in [0.2, 0.25) is 0 Å². The molecule has 10 heteroatoms. The van der Waals surface area contributed by atoms with E-state index in [0.717, 1.165) is 35.8 Å². The lowest BCUT2D eigenvalue weighted by Gasteiger charge is -2.32. The number of aromatic nitrogens is 3. The molecule has 1 aliphatic heterocycles. The highest BCUT2D eigenvalue weighted by atomic mass is 19.4. The molecule has 30 heavy (non-hydrogen) atoms. The number of alkyl halides is 3. The van der Waals surface area contributed by atoms with Crippen LogP contribution in [0.3, 0.4) is 0 Å². The number of urea groups is 1. The number of aryl methyl sites for hydroxylation is 1. The minimum atomic E-state index is -4.93. The molecule has 1 fully saturated rings. The number of nitrogens with one attached hydrogen (secondary N) is 1. The number of halogens is 3. The van der Waals surface area contributed by atoms with Gasteiger partial charge in [-0.15, -0.1) is 0 Å². The predicted molar refractivity (Wildman–Crippen MR) is 103 cm³/mol. The van der Waals surface area contributed by atoms with Gasteiger partial charge in [0.2, 0.25) is 5.60 Å². The van der Waals surface area contributed by atoms with Gasteiger partial charge in [-0.3, -0.25) is 4.98 Å². The van der Waals surface area contributed by atoms with Gasteiger partial charge in [0.25, 0.3) is 0 Å². The van der Waals surface area contributed by atoms with Crippen LogP contribution in [0.4, 0.5) is 18.0 Å². The minimum absolute atomic E-state index is 0.161. The Bertz CT molecular complexity index is 842. The third-order valence-electron chi connectivity index (χ3n) is 5.53. The minimum Gasteiger partial charge on any atom is -0.374 e. The van der Waals surface area contributed by atoms with Gasteiger partial charge in [0, 0.05) is 51.3 Å². The molecule has 2 amide bonds. The first-order chi connectivity index (χ1) is 14.2. The van der Waals surface area contributed by atoms with Crippen molar-refractivity contribution in [1.82, 2.24) is 24.8 Å². The largest absolute Gasteiger partial charge is 0.424 e. The Morgan fingerprint density at radius 2 is 1.97 bits per heavy atom. The monoisotopic (exact) mass is 425 g/mol. The molecule has 164 valence electrons. The van der Waals surface area contributed by atoms with E-state index < -0.39 is 30.1 Å². The molecule has 0 bridgehead atoms. The lowest BCUT2D eigenvalue weighted by atomic mass is 9.97. The maximum absolute atomic E-state index is 13.6. The first-order valence-corrected chi connectivity index (χ1v) is 9.95. The van der Waals surface area contributed by atoms with Gasteiger partial charge in [0.1, 0.15) is 5.82 Å². The Hall–Kier alpha value is -2.62. The average molecular weight is 425 g/mol. The number of nitrogens with zero attached hydrogens (tertiary/aromatic N) is 4. The zero-order valence-corrected chi connectivity index (χ0v) is 16.8. The summed E-state index contributed by atoms with van der Waals surface area (Å²) in [5, 5.41) is 13.0. The molecule has 0 aromatic carbocycles. The molecule has 1 saturated heterocycles. The molecule has 3 heterocycles. The van der Waals surface area contributed by atoms with Crippen LogP contribution in [0.15, 0.2) is 36.9 Å². The summed E-state index contributed by atoms with van der Waals surface area (Å²) in [6.07, 6.45) is 3.73. The Kier molecular flexibility index (Phi) is 6.64. The van der Waals surface area contributed by atoms with Crippen molar-refractivity contribution in [2.75, 3.05) is 13.1 Å². The number of hydrogen-bond donors (Lipinski definition) is 2. The van der Waals surface area contributed by atoms with Crippen LogP contribution in [0.5, 0.6) is 0 Å². The smallest absolute Gasteiger partial charge is 0.374 e. The molecule has 2 aromatic heterocycles. The quantitative estimate of drug-likeness (QED) is 0.770. The van der Waals surface area contributed by atoms with Crippen molar-refractivity contribution in [3.8, 4) is 0 Å². The van der Waals surface area contributed by atoms with E-state index in [1.165, 1.54) is 19.4 Å². The van der Waals surface area contributed by atoms with Gasteiger partial charge in [-0.05, 0) is 30.5 Å². The Morgan fingerprint density at radius 1 is 1.23 bits per heavy atom. The Labute approximate surface area is 172 Å². The van der Waals surface area contributed by atoms with Gasteiger partial charge < -0.3 is 19.9 Å². The van der Waals surface area contributed by atoms with Crippen molar-refractivity contribution in [3.05, 3.63) is 48.3 Å². The number of pyridine rings is 1. The van der Waals surface area contributed by atoms with E-state index in [9.17, 15) is 23.1 Å². The molecular weight excluding hydrogens is 399 g/mol. The van der Waals surface area contributed by atoms with Crippen molar-refractivity contribution < 1.29 is 23.1 Å². The molecule has 3 rings (SSSR count). The highest BCUT2D eigenvalue weighted by Gasteiger charge is 2.57. The van der Waals surface area contributed by atoms with E-state index in [0.29, 0.717) is 6.54 Å². The average Bonchev–Trinajstić information content (AvgIpc) is 2.99. The van der Waals surface area contributed by atoms with Crippen LogP contribution in [0, 0.1) is 0 Å². The van der Waals surface area contributed by atoms with Crippen molar-refractivity contribution in [2.45, 2.75) is 49.9 Å². The summed E-state index contributed by atoms with van der Waals surface area (Å²) in [5.41, 5.74) is -2.20. The van der Waals surface area contributed by atoms with Gasteiger partial charge in [0.05, 0.1) is 6.04 Å². The molecule has 2 aromatic rings. The van der Waals surface area contributed by atoms with Gasteiger partial charge >= 0.3 is 12.2 Å². The number of hydrogen-bond acceptors (Lipinski definition) is 4. The molecule has 2 N–H and O–H groups in total. The lowest BCUT2D eigenvalue weighted by molar-refractivity contribution is -0.272. The highest BCUT2D eigenvalue weighted by Crippen LogP contribution is 2.40. The molecular formula is C20H26F3N5O2. The van der Waals surface area contributed by atoms with E-state index in [4.69, 9.17) is 0 Å². The first kappa shape index (κ1) is 22.1. The predicted octanol–water partition coefficient (Wildman–Crippen LogP) is 3.28. The fourth-order valence-electron chi connectivity index (χ4n) is 3.88.